The number of hydrogen-bond acceptors (Lipinski definition) is 4. The van der Waals surface area contributed by atoms with E-state index in [0.717, 1.165) is 46.3 Å². The molecule has 7 heteroatoms. The van der Waals surface area contributed by atoms with E-state index in [2.05, 4.69) is 17.1 Å². The average Bonchev–Trinajstić information content (AvgIpc) is 3.31. The molecule has 1 saturated heterocycles. The lowest BCUT2D eigenvalue weighted by Crippen LogP contribution is -2.33. The Bertz CT molecular complexity index is 1150. The van der Waals surface area contributed by atoms with Crippen molar-refractivity contribution in [2.75, 3.05) is 6.54 Å². The zero-order valence-corrected chi connectivity index (χ0v) is 17.8. The first-order valence-corrected chi connectivity index (χ1v) is 11.1. The fourth-order valence-corrected chi connectivity index (χ4v) is 6.56. The summed E-state index contributed by atoms with van der Waals surface area (Å²) in [5.41, 5.74) is 5.68. The van der Waals surface area contributed by atoms with E-state index in [4.69, 9.17) is 0 Å². The highest BCUT2D eigenvalue weighted by Crippen LogP contribution is 2.39. The van der Waals surface area contributed by atoms with E-state index in [0.29, 0.717) is 17.3 Å². The normalized spacial score (nSPS) is 18.2. The van der Waals surface area contributed by atoms with Crippen molar-refractivity contribution in [1.82, 2.24) is 18.9 Å². The van der Waals surface area contributed by atoms with E-state index in [9.17, 15) is 8.42 Å². The van der Waals surface area contributed by atoms with Gasteiger partial charge in [0.25, 0.3) is 0 Å². The lowest BCUT2D eigenvalue weighted by molar-refractivity contribution is 0.381. The smallest absolute Gasteiger partial charge is 0.244 e. The third-order valence-electron chi connectivity index (χ3n) is 6.34. The van der Waals surface area contributed by atoms with Crippen LogP contribution >= 0.6 is 0 Å². The van der Waals surface area contributed by atoms with Crippen molar-refractivity contribution in [2.24, 2.45) is 0 Å². The molecule has 1 aromatic carbocycles. The van der Waals surface area contributed by atoms with Gasteiger partial charge in [-0.15, -0.1) is 10.2 Å². The predicted molar refractivity (Wildman–Crippen MR) is 109 cm³/mol. The second-order valence-electron chi connectivity index (χ2n) is 7.71. The van der Waals surface area contributed by atoms with Crippen LogP contribution in [0.5, 0.6) is 0 Å². The molecule has 28 heavy (non-hydrogen) atoms. The second kappa shape index (κ2) is 6.67. The van der Waals surface area contributed by atoms with Crippen LogP contribution in [0.4, 0.5) is 0 Å². The molecule has 0 N–H and O–H groups in total. The zero-order valence-electron chi connectivity index (χ0n) is 17.0. The van der Waals surface area contributed by atoms with E-state index in [-0.39, 0.29) is 6.04 Å². The number of sulfonamides is 1. The summed E-state index contributed by atoms with van der Waals surface area (Å²) < 4.78 is 31.1. The number of fused-ring (bicyclic) bond motifs is 1. The van der Waals surface area contributed by atoms with Gasteiger partial charge < -0.3 is 0 Å². The minimum atomic E-state index is -3.65. The van der Waals surface area contributed by atoms with Gasteiger partial charge >= 0.3 is 0 Å². The maximum absolute atomic E-state index is 13.8. The van der Waals surface area contributed by atoms with Crippen LogP contribution in [0.2, 0.25) is 0 Å². The van der Waals surface area contributed by atoms with Crippen LogP contribution in [0.25, 0.3) is 5.65 Å². The molecular weight excluding hydrogens is 372 g/mol. The molecule has 0 aliphatic carbocycles. The molecule has 1 unspecified atom stereocenters. The van der Waals surface area contributed by atoms with Gasteiger partial charge in [0, 0.05) is 12.7 Å². The second-order valence-corrected chi connectivity index (χ2v) is 9.54. The van der Waals surface area contributed by atoms with Crippen molar-refractivity contribution < 1.29 is 8.42 Å². The topological polar surface area (TPSA) is 67.6 Å². The third-order valence-corrected chi connectivity index (χ3v) is 8.52. The third kappa shape index (κ3) is 2.68. The fourth-order valence-electron chi connectivity index (χ4n) is 4.34. The van der Waals surface area contributed by atoms with Crippen molar-refractivity contribution in [3.05, 3.63) is 58.0 Å². The molecule has 0 saturated carbocycles. The first-order valence-electron chi connectivity index (χ1n) is 9.63. The van der Waals surface area contributed by atoms with Crippen LogP contribution in [0, 0.1) is 34.6 Å². The van der Waals surface area contributed by atoms with Gasteiger partial charge in [0.05, 0.1) is 10.9 Å². The summed E-state index contributed by atoms with van der Waals surface area (Å²) in [5, 5.41) is 8.55. The largest absolute Gasteiger partial charge is 0.285 e. The summed E-state index contributed by atoms with van der Waals surface area (Å²) >= 11 is 0. The van der Waals surface area contributed by atoms with Crippen LogP contribution in [0.15, 0.2) is 29.3 Å². The number of aromatic nitrogens is 3. The van der Waals surface area contributed by atoms with Gasteiger partial charge in [0.1, 0.15) is 0 Å². The minimum absolute atomic E-state index is 0.303. The molecule has 3 aromatic rings. The van der Waals surface area contributed by atoms with E-state index < -0.39 is 10.0 Å². The van der Waals surface area contributed by atoms with Gasteiger partial charge in [0.15, 0.2) is 11.5 Å². The van der Waals surface area contributed by atoms with Crippen LogP contribution in [-0.2, 0) is 10.0 Å². The van der Waals surface area contributed by atoms with Gasteiger partial charge in [-0.3, -0.25) is 4.40 Å². The highest BCUT2D eigenvalue weighted by atomic mass is 32.2. The summed E-state index contributed by atoms with van der Waals surface area (Å²) in [7, 11) is -3.65. The summed E-state index contributed by atoms with van der Waals surface area (Å²) in [5.74, 6) is 0.688. The Kier molecular flexibility index (Phi) is 4.55. The first-order chi connectivity index (χ1) is 13.2. The number of rotatable bonds is 3. The van der Waals surface area contributed by atoms with Crippen LogP contribution < -0.4 is 0 Å². The molecule has 0 radical (unpaired) electrons. The Hall–Kier alpha value is -2.25. The molecule has 0 amide bonds. The van der Waals surface area contributed by atoms with Crippen LogP contribution in [0.3, 0.4) is 0 Å². The molecule has 1 fully saturated rings. The fraction of sp³-hybridized carbons (Fsp3) is 0.429. The summed E-state index contributed by atoms with van der Waals surface area (Å²) in [6.45, 7) is 10.4. The summed E-state index contributed by atoms with van der Waals surface area (Å²) in [6.07, 6.45) is 3.45. The maximum Gasteiger partial charge on any atom is 0.244 e. The van der Waals surface area contributed by atoms with Crippen molar-refractivity contribution >= 4 is 15.7 Å². The van der Waals surface area contributed by atoms with Gasteiger partial charge in [-0.2, -0.15) is 4.31 Å². The van der Waals surface area contributed by atoms with E-state index in [1.165, 1.54) is 0 Å². The van der Waals surface area contributed by atoms with Gasteiger partial charge in [-0.05, 0) is 87.4 Å². The average molecular weight is 399 g/mol. The highest BCUT2D eigenvalue weighted by Gasteiger charge is 2.40. The molecule has 6 nitrogen and oxygen atoms in total. The van der Waals surface area contributed by atoms with Crippen LogP contribution in [0.1, 0.15) is 52.5 Å². The van der Waals surface area contributed by atoms with E-state index >= 15 is 0 Å². The molecule has 2 aromatic heterocycles. The van der Waals surface area contributed by atoms with Crippen molar-refractivity contribution in [2.45, 2.75) is 58.4 Å². The zero-order chi connectivity index (χ0) is 20.2. The molecule has 1 atom stereocenters. The molecule has 0 spiro atoms. The Morgan fingerprint density at radius 3 is 2.25 bits per heavy atom. The lowest BCUT2D eigenvalue weighted by Gasteiger charge is -2.26. The maximum atomic E-state index is 13.8. The summed E-state index contributed by atoms with van der Waals surface area (Å²) in [4.78, 5) is 0.453. The predicted octanol–water partition coefficient (Wildman–Crippen LogP) is 3.80. The van der Waals surface area contributed by atoms with E-state index in [1.54, 1.807) is 4.31 Å². The number of hydrogen-bond donors (Lipinski definition) is 0. The minimum Gasteiger partial charge on any atom is -0.285 e. The monoisotopic (exact) mass is 398 g/mol. The molecule has 1 aliphatic rings. The Morgan fingerprint density at radius 2 is 1.57 bits per heavy atom. The first kappa shape index (κ1) is 19.1. The molecule has 0 bridgehead atoms. The quantitative estimate of drug-likeness (QED) is 0.673. The number of nitrogens with zero attached hydrogens (tertiary/aromatic N) is 4. The van der Waals surface area contributed by atoms with Gasteiger partial charge in [0.2, 0.25) is 10.0 Å². The number of pyridine rings is 1. The SMILES string of the molecule is Cc1c(C)c(C)c(S(=O)(=O)N2CCCC2c2nnc3ccccn23)c(C)c1C. The van der Waals surface area contributed by atoms with Gasteiger partial charge in [-0.1, -0.05) is 6.07 Å². The molecule has 4 rings (SSSR count). The number of benzene rings is 1. The lowest BCUT2D eigenvalue weighted by atomic mass is 9.95. The van der Waals surface area contributed by atoms with Crippen molar-refractivity contribution in [3.8, 4) is 0 Å². The van der Waals surface area contributed by atoms with Crippen molar-refractivity contribution in [3.63, 3.8) is 0 Å². The summed E-state index contributed by atoms with van der Waals surface area (Å²) in [6, 6.07) is 5.39. The van der Waals surface area contributed by atoms with Crippen molar-refractivity contribution in [1.29, 1.82) is 0 Å². The highest BCUT2D eigenvalue weighted by molar-refractivity contribution is 7.89. The molecule has 3 heterocycles. The Balaban J connectivity index is 1.86. The Labute approximate surface area is 166 Å². The standard InChI is InChI=1S/C21H26N4O2S/c1-13-14(2)16(4)20(17(5)15(13)3)28(26,27)25-12-8-9-18(25)21-23-22-19-10-6-7-11-24(19)21/h6-7,10-11,18H,8-9,12H2,1-5H3. The van der Waals surface area contributed by atoms with E-state index in [1.807, 2.05) is 56.5 Å². The Morgan fingerprint density at radius 1 is 0.929 bits per heavy atom. The van der Waals surface area contributed by atoms with Gasteiger partial charge in [-0.25, -0.2) is 8.42 Å². The molecule has 148 valence electrons. The molecular formula is C21H26N4O2S. The molecule has 1 aliphatic heterocycles. The van der Waals surface area contributed by atoms with Crippen LogP contribution in [-0.4, -0.2) is 33.9 Å².